The van der Waals surface area contributed by atoms with Gasteiger partial charge in [0.1, 0.15) is 5.78 Å². The molecule has 0 N–H and O–H groups in total. The molecule has 0 bridgehead atoms. The Morgan fingerprint density at radius 2 is 2.20 bits per heavy atom. The van der Waals surface area contributed by atoms with E-state index in [0.29, 0.717) is 18.1 Å². The van der Waals surface area contributed by atoms with Crippen LogP contribution in [0.15, 0.2) is 43.0 Å². The van der Waals surface area contributed by atoms with E-state index in [1.165, 1.54) is 5.56 Å². The van der Waals surface area contributed by atoms with Gasteiger partial charge in [0.2, 0.25) is 0 Å². The van der Waals surface area contributed by atoms with Gasteiger partial charge in [0.05, 0.1) is 0 Å². The number of ketones is 1. The van der Waals surface area contributed by atoms with Crippen molar-refractivity contribution >= 4 is 5.78 Å². The SMILES string of the molecule is C=CCC(=O)[C@@]1(C)C[C@@H]1c1ccccc1. The Morgan fingerprint density at radius 1 is 1.53 bits per heavy atom. The van der Waals surface area contributed by atoms with E-state index < -0.39 is 0 Å². The predicted molar refractivity (Wildman–Crippen MR) is 61.7 cm³/mol. The highest BCUT2D eigenvalue weighted by atomic mass is 16.1. The monoisotopic (exact) mass is 200 g/mol. The van der Waals surface area contributed by atoms with Crippen LogP contribution in [0.4, 0.5) is 0 Å². The van der Waals surface area contributed by atoms with Crippen molar-refractivity contribution in [3.63, 3.8) is 0 Å². The summed E-state index contributed by atoms with van der Waals surface area (Å²) in [5.74, 6) is 0.748. The van der Waals surface area contributed by atoms with Gasteiger partial charge < -0.3 is 0 Å². The zero-order chi connectivity index (χ0) is 10.9. The minimum Gasteiger partial charge on any atom is -0.299 e. The molecule has 2 rings (SSSR count). The summed E-state index contributed by atoms with van der Waals surface area (Å²) in [5, 5.41) is 0. The Kier molecular flexibility index (Phi) is 2.47. The number of hydrogen-bond acceptors (Lipinski definition) is 1. The average molecular weight is 200 g/mol. The van der Waals surface area contributed by atoms with Gasteiger partial charge in [0.25, 0.3) is 0 Å². The van der Waals surface area contributed by atoms with Crippen LogP contribution < -0.4 is 0 Å². The molecule has 0 saturated heterocycles. The molecule has 0 aliphatic heterocycles. The van der Waals surface area contributed by atoms with E-state index in [0.717, 1.165) is 6.42 Å². The molecular formula is C14H16O. The lowest BCUT2D eigenvalue weighted by atomic mass is 9.95. The summed E-state index contributed by atoms with van der Waals surface area (Å²) >= 11 is 0. The van der Waals surface area contributed by atoms with Crippen molar-refractivity contribution in [2.75, 3.05) is 0 Å². The van der Waals surface area contributed by atoms with Crippen LogP contribution in [0, 0.1) is 5.41 Å². The van der Waals surface area contributed by atoms with Crippen LogP contribution in [0.1, 0.15) is 31.2 Å². The fourth-order valence-corrected chi connectivity index (χ4v) is 2.21. The highest BCUT2D eigenvalue weighted by molar-refractivity contribution is 5.89. The molecule has 0 radical (unpaired) electrons. The Bertz CT molecular complexity index is 380. The molecule has 0 aromatic heterocycles. The summed E-state index contributed by atoms with van der Waals surface area (Å²) in [5.41, 5.74) is 1.16. The highest BCUT2D eigenvalue weighted by Gasteiger charge is 2.55. The number of allylic oxidation sites excluding steroid dienone is 1. The maximum absolute atomic E-state index is 11.8. The largest absolute Gasteiger partial charge is 0.299 e. The number of rotatable bonds is 4. The van der Waals surface area contributed by atoms with Crippen LogP contribution in [0.5, 0.6) is 0 Å². The van der Waals surface area contributed by atoms with E-state index in [-0.39, 0.29) is 5.41 Å². The first-order valence-electron chi connectivity index (χ1n) is 5.37. The number of benzene rings is 1. The molecule has 0 unspecified atom stereocenters. The van der Waals surface area contributed by atoms with E-state index in [2.05, 4.69) is 25.6 Å². The molecule has 1 aromatic carbocycles. The van der Waals surface area contributed by atoms with Crippen LogP contribution in [0.2, 0.25) is 0 Å². The molecular weight excluding hydrogens is 184 g/mol. The second kappa shape index (κ2) is 3.65. The maximum Gasteiger partial charge on any atom is 0.143 e. The van der Waals surface area contributed by atoms with E-state index in [4.69, 9.17) is 0 Å². The molecule has 0 heterocycles. The number of carbonyl (C=O) groups is 1. The van der Waals surface area contributed by atoms with Crippen molar-refractivity contribution in [2.24, 2.45) is 5.41 Å². The lowest BCUT2D eigenvalue weighted by molar-refractivity contribution is -0.122. The van der Waals surface area contributed by atoms with E-state index in [1.807, 2.05) is 18.2 Å². The lowest BCUT2D eigenvalue weighted by Gasteiger charge is -2.08. The smallest absolute Gasteiger partial charge is 0.143 e. The first kappa shape index (κ1) is 10.2. The first-order valence-corrected chi connectivity index (χ1v) is 5.37. The second-order valence-electron chi connectivity index (χ2n) is 4.50. The van der Waals surface area contributed by atoms with Crippen molar-refractivity contribution in [1.29, 1.82) is 0 Å². The summed E-state index contributed by atoms with van der Waals surface area (Å²) in [7, 11) is 0. The third-order valence-electron chi connectivity index (χ3n) is 3.41. The van der Waals surface area contributed by atoms with Crippen LogP contribution >= 0.6 is 0 Å². The Morgan fingerprint density at radius 3 is 2.80 bits per heavy atom. The van der Waals surface area contributed by atoms with Gasteiger partial charge in [-0.25, -0.2) is 0 Å². The summed E-state index contributed by atoms with van der Waals surface area (Å²) in [6, 6.07) is 10.3. The number of Topliss-reactive ketones (excluding diaryl/α,β-unsaturated/α-hetero) is 1. The van der Waals surface area contributed by atoms with Crippen LogP contribution in [-0.2, 0) is 4.79 Å². The van der Waals surface area contributed by atoms with Crippen molar-refractivity contribution in [2.45, 2.75) is 25.7 Å². The van der Waals surface area contributed by atoms with Gasteiger partial charge in [0, 0.05) is 11.8 Å². The fourth-order valence-electron chi connectivity index (χ4n) is 2.21. The van der Waals surface area contributed by atoms with Crippen LogP contribution in [-0.4, -0.2) is 5.78 Å². The molecule has 1 nitrogen and oxygen atoms in total. The highest BCUT2D eigenvalue weighted by Crippen LogP contribution is 2.59. The Labute approximate surface area is 90.8 Å². The zero-order valence-corrected chi connectivity index (χ0v) is 9.07. The normalized spacial score (nSPS) is 28.5. The third-order valence-corrected chi connectivity index (χ3v) is 3.41. The third kappa shape index (κ3) is 1.74. The number of carbonyl (C=O) groups excluding carboxylic acids is 1. The quantitative estimate of drug-likeness (QED) is 0.681. The second-order valence-corrected chi connectivity index (χ2v) is 4.50. The van der Waals surface area contributed by atoms with Gasteiger partial charge in [-0.1, -0.05) is 43.3 Å². The molecule has 1 fully saturated rings. The van der Waals surface area contributed by atoms with Crippen molar-refractivity contribution in [3.8, 4) is 0 Å². The van der Waals surface area contributed by atoms with Gasteiger partial charge >= 0.3 is 0 Å². The van der Waals surface area contributed by atoms with Crippen LogP contribution in [0.25, 0.3) is 0 Å². The molecule has 1 saturated carbocycles. The van der Waals surface area contributed by atoms with Crippen molar-refractivity contribution in [3.05, 3.63) is 48.6 Å². The van der Waals surface area contributed by atoms with Gasteiger partial charge in [-0.2, -0.15) is 0 Å². The predicted octanol–water partition coefficient (Wildman–Crippen LogP) is 3.33. The van der Waals surface area contributed by atoms with Gasteiger partial charge in [0.15, 0.2) is 0 Å². The topological polar surface area (TPSA) is 17.1 Å². The Hall–Kier alpha value is -1.37. The number of hydrogen-bond donors (Lipinski definition) is 0. The van der Waals surface area contributed by atoms with Gasteiger partial charge in [-0.15, -0.1) is 6.58 Å². The summed E-state index contributed by atoms with van der Waals surface area (Å²) in [6.07, 6.45) is 3.19. The molecule has 1 heteroatoms. The first-order chi connectivity index (χ1) is 7.18. The molecule has 15 heavy (non-hydrogen) atoms. The van der Waals surface area contributed by atoms with Crippen LogP contribution in [0.3, 0.4) is 0 Å². The maximum atomic E-state index is 11.8. The molecule has 2 atom stereocenters. The van der Waals surface area contributed by atoms with Crippen molar-refractivity contribution in [1.82, 2.24) is 0 Å². The molecule has 0 amide bonds. The fraction of sp³-hybridized carbons (Fsp3) is 0.357. The molecule has 0 spiro atoms. The summed E-state index contributed by atoms with van der Waals surface area (Å²) in [6.45, 7) is 5.68. The van der Waals surface area contributed by atoms with Gasteiger partial charge in [-0.05, 0) is 17.9 Å². The van der Waals surface area contributed by atoms with E-state index >= 15 is 0 Å². The minimum absolute atomic E-state index is 0.129. The summed E-state index contributed by atoms with van der Waals surface area (Å²) < 4.78 is 0. The molecule has 1 aliphatic carbocycles. The molecule has 1 aliphatic rings. The standard InChI is InChI=1S/C14H16O/c1-3-7-13(15)14(2)10-12(14)11-8-5-4-6-9-11/h3-6,8-9,12H,1,7,10H2,2H3/t12-,14+/m1/s1. The van der Waals surface area contributed by atoms with Crippen molar-refractivity contribution < 1.29 is 4.79 Å². The van der Waals surface area contributed by atoms with Gasteiger partial charge in [-0.3, -0.25) is 4.79 Å². The average Bonchev–Trinajstić information content (AvgIpc) is 2.94. The molecule has 1 aromatic rings. The zero-order valence-electron chi connectivity index (χ0n) is 9.07. The molecule has 78 valence electrons. The summed E-state index contributed by atoms with van der Waals surface area (Å²) in [4.78, 5) is 11.8. The minimum atomic E-state index is -0.129. The van der Waals surface area contributed by atoms with E-state index in [1.54, 1.807) is 6.08 Å². The van der Waals surface area contributed by atoms with E-state index in [9.17, 15) is 4.79 Å². The Balaban J connectivity index is 2.12. The lowest BCUT2D eigenvalue weighted by Crippen LogP contribution is -2.12.